The van der Waals surface area contributed by atoms with Gasteiger partial charge in [0.15, 0.2) is 0 Å². The Labute approximate surface area is 120 Å². The number of anilines is 1. The second-order valence-electron chi connectivity index (χ2n) is 5.71. The van der Waals surface area contributed by atoms with Crippen LogP contribution in [-0.4, -0.2) is 29.6 Å². The van der Waals surface area contributed by atoms with Crippen LogP contribution in [0.15, 0.2) is 6.07 Å². The number of hydrogen-bond donors (Lipinski definition) is 2. The third-order valence-corrected chi connectivity index (χ3v) is 3.93. The predicted molar refractivity (Wildman–Crippen MR) is 73.7 cm³/mol. The predicted octanol–water partition coefficient (Wildman–Crippen LogP) is 2.39. The van der Waals surface area contributed by atoms with Crippen LogP contribution in [0.5, 0.6) is 0 Å². The minimum absolute atomic E-state index is 0.142. The number of aryl methyl sites for hydroxylation is 2. The average Bonchev–Trinajstić information content (AvgIpc) is 3.11. The lowest BCUT2D eigenvalue weighted by molar-refractivity contribution is -0.120. The Bertz CT molecular complexity index is 578. The van der Waals surface area contributed by atoms with Gasteiger partial charge in [-0.05, 0) is 43.7 Å². The number of nitrogens with one attached hydrogen (secondary N) is 1. The highest BCUT2D eigenvalue weighted by atomic mass is 19.4. The number of nitrogens with zero attached hydrogens (tertiary/aromatic N) is 2. The summed E-state index contributed by atoms with van der Waals surface area (Å²) in [5, 5.41) is 7.65. The lowest BCUT2D eigenvalue weighted by Gasteiger charge is -2.27. The summed E-state index contributed by atoms with van der Waals surface area (Å²) < 4.78 is 38.5. The Balaban J connectivity index is 2.03. The van der Waals surface area contributed by atoms with Crippen LogP contribution in [0, 0.1) is 5.41 Å². The Morgan fingerprint density at radius 3 is 2.67 bits per heavy atom. The van der Waals surface area contributed by atoms with Crippen LogP contribution in [0.2, 0.25) is 0 Å². The van der Waals surface area contributed by atoms with Crippen molar-refractivity contribution < 1.29 is 13.2 Å². The molecular weight excluding hydrogens is 281 g/mol. The van der Waals surface area contributed by atoms with Crippen molar-refractivity contribution in [1.29, 1.82) is 5.41 Å². The molecule has 4 nitrogen and oxygen atoms in total. The van der Waals surface area contributed by atoms with Crippen molar-refractivity contribution in [2.45, 2.75) is 44.3 Å². The highest BCUT2D eigenvalue weighted by molar-refractivity contribution is 6.00. The standard InChI is InChI=1S/C14H17F3N4/c15-14(16,17)7-21(9-4-5-9)13-10(12(18)19)6-8-2-1-3-11(8)20-13/h6,9H,1-5,7H2,(H3,18,19). The first kappa shape index (κ1) is 14.2. The number of aromatic nitrogens is 1. The molecule has 1 saturated carbocycles. The largest absolute Gasteiger partial charge is 0.405 e. The topological polar surface area (TPSA) is 66.0 Å². The van der Waals surface area contributed by atoms with Gasteiger partial charge in [-0.3, -0.25) is 5.41 Å². The Morgan fingerprint density at radius 2 is 2.10 bits per heavy atom. The molecule has 0 aliphatic heterocycles. The normalized spacial score (nSPS) is 17.7. The number of halogens is 3. The van der Waals surface area contributed by atoms with E-state index < -0.39 is 12.7 Å². The number of nitrogens with two attached hydrogens (primary N) is 1. The Hall–Kier alpha value is -1.79. The summed E-state index contributed by atoms with van der Waals surface area (Å²) in [6.07, 6.45) is -0.252. The fraction of sp³-hybridized carbons (Fsp3) is 0.571. The van der Waals surface area contributed by atoms with E-state index in [0.29, 0.717) is 5.56 Å². The van der Waals surface area contributed by atoms with E-state index in [1.165, 1.54) is 4.90 Å². The van der Waals surface area contributed by atoms with Crippen LogP contribution in [0.4, 0.5) is 19.0 Å². The zero-order valence-corrected chi connectivity index (χ0v) is 11.5. The smallest absolute Gasteiger partial charge is 0.384 e. The van der Waals surface area contributed by atoms with Crippen molar-refractivity contribution in [2.75, 3.05) is 11.4 Å². The Morgan fingerprint density at radius 1 is 1.38 bits per heavy atom. The van der Waals surface area contributed by atoms with Crippen molar-refractivity contribution in [2.24, 2.45) is 5.73 Å². The third-order valence-electron chi connectivity index (χ3n) is 3.93. The number of rotatable bonds is 4. The van der Waals surface area contributed by atoms with Crippen molar-refractivity contribution in [3.05, 3.63) is 22.9 Å². The van der Waals surface area contributed by atoms with E-state index in [1.54, 1.807) is 6.07 Å². The zero-order chi connectivity index (χ0) is 15.2. The summed E-state index contributed by atoms with van der Waals surface area (Å²) in [4.78, 5) is 5.70. The third kappa shape index (κ3) is 2.96. The van der Waals surface area contributed by atoms with Gasteiger partial charge >= 0.3 is 6.18 Å². The molecule has 1 aromatic rings. The van der Waals surface area contributed by atoms with Crippen molar-refractivity contribution in [1.82, 2.24) is 4.98 Å². The number of fused-ring (bicyclic) bond motifs is 1. The van der Waals surface area contributed by atoms with Crippen LogP contribution in [-0.2, 0) is 12.8 Å². The second-order valence-corrected chi connectivity index (χ2v) is 5.71. The monoisotopic (exact) mass is 298 g/mol. The van der Waals surface area contributed by atoms with E-state index in [4.69, 9.17) is 11.1 Å². The molecule has 0 amide bonds. The second kappa shape index (κ2) is 4.89. The molecule has 0 unspecified atom stereocenters. The van der Waals surface area contributed by atoms with Gasteiger partial charge < -0.3 is 10.6 Å². The molecule has 0 spiro atoms. The van der Waals surface area contributed by atoms with Gasteiger partial charge in [-0.15, -0.1) is 0 Å². The van der Waals surface area contributed by atoms with Gasteiger partial charge in [0.1, 0.15) is 18.2 Å². The number of alkyl halides is 3. The van der Waals surface area contributed by atoms with Crippen molar-refractivity contribution in [3.63, 3.8) is 0 Å². The van der Waals surface area contributed by atoms with Crippen LogP contribution in [0.3, 0.4) is 0 Å². The fourth-order valence-corrected chi connectivity index (χ4v) is 2.83. The number of amidine groups is 1. The first-order valence-electron chi connectivity index (χ1n) is 7.06. The average molecular weight is 298 g/mol. The highest BCUT2D eigenvalue weighted by Gasteiger charge is 2.40. The molecule has 2 aliphatic rings. The van der Waals surface area contributed by atoms with Gasteiger partial charge in [-0.25, -0.2) is 4.98 Å². The SMILES string of the molecule is N=C(N)c1cc2c(nc1N(CC(F)(F)F)C1CC1)CCC2. The quantitative estimate of drug-likeness (QED) is 0.662. The Kier molecular flexibility index (Phi) is 3.30. The molecule has 2 aliphatic carbocycles. The van der Waals surface area contributed by atoms with Crippen molar-refractivity contribution >= 4 is 11.7 Å². The van der Waals surface area contributed by atoms with Gasteiger partial charge in [0.25, 0.3) is 0 Å². The van der Waals surface area contributed by atoms with Crippen LogP contribution >= 0.6 is 0 Å². The molecule has 21 heavy (non-hydrogen) atoms. The molecule has 3 N–H and O–H groups in total. The summed E-state index contributed by atoms with van der Waals surface area (Å²) >= 11 is 0. The molecule has 1 aromatic heterocycles. The summed E-state index contributed by atoms with van der Waals surface area (Å²) in [7, 11) is 0. The van der Waals surface area contributed by atoms with Gasteiger partial charge in [0.2, 0.25) is 0 Å². The van der Waals surface area contributed by atoms with Crippen LogP contribution in [0.25, 0.3) is 0 Å². The van der Waals surface area contributed by atoms with Gasteiger partial charge in [0.05, 0.1) is 5.56 Å². The molecule has 114 valence electrons. The molecular formula is C14H17F3N4. The molecule has 0 saturated heterocycles. The maximum Gasteiger partial charge on any atom is 0.405 e. The van der Waals surface area contributed by atoms with Crippen LogP contribution in [0.1, 0.15) is 36.1 Å². The van der Waals surface area contributed by atoms with E-state index in [-0.39, 0.29) is 17.7 Å². The first-order valence-corrected chi connectivity index (χ1v) is 7.06. The van der Waals surface area contributed by atoms with E-state index in [1.807, 2.05) is 0 Å². The number of nitrogen functional groups attached to an aromatic ring is 1. The maximum absolute atomic E-state index is 12.8. The lowest BCUT2D eigenvalue weighted by atomic mass is 10.1. The van der Waals surface area contributed by atoms with Gasteiger partial charge in [-0.1, -0.05) is 0 Å². The minimum atomic E-state index is -4.29. The summed E-state index contributed by atoms with van der Waals surface area (Å²) in [5.41, 5.74) is 7.75. The molecule has 1 heterocycles. The zero-order valence-electron chi connectivity index (χ0n) is 11.5. The molecule has 0 bridgehead atoms. The van der Waals surface area contributed by atoms with Gasteiger partial charge in [0, 0.05) is 11.7 Å². The highest BCUT2D eigenvalue weighted by Crippen LogP contribution is 2.36. The van der Waals surface area contributed by atoms with E-state index in [2.05, 4.69) is 4.98 Å². The van der Waals surface area contributed by atoms with E-state index in [9.17, 15) is 13.2 Å². The van der Waals surface area contributed by atoms with E-state index in [0.717, 1.165) is 43.4 Å². The minimum Gasteiger partial charge on any atom is -0.384 e. The molecule has 0 aromatic carbocycles. The molecule has 0 radical (unpaired) electrons. The first-order chi connectivity index (χ1) is 9.85. The maximum atomic E-state index is 12.8. The number of hydrogen-bond acceptors (Lipinski definition) is 3. The summed E-state index contributed by atoms with van der Waals surface area (Å²) in [6.45, 7) is -1.04. The van der Waals surface area contributed by atoms with Gasteiger partial charge in [-0.2, -0.15) is 13.2 Å². The summed E-state index contributed by atoms with van der Waals surface area (Å²) in [5.74, 6) is 0.00278. The number of pyridine rings is 1. The molecule has 3 rings (SSSR count). The molecule has 0 atom stereocenters. The van der Waals surface area contributed by atoms with E-state index >= 15 is 0 Å². The lowest BCUT2D eigenvalue weighted by Crippen LogP contribution is -2.38. The molecule has 1 fully saturated rings. The fourth-order valence-electron chi connectivity index (χ4n) is 2.83. The van der Waals surface area contributed by atoms with Crippen LogP contribution < -0.4 is 10.6 Å². The van der Waals surface area contributed by atoms with Crippen molar-refractivity contribution in [3.8, 4) is 0 Å². The summed E-state index contributed by atoms with van der Waals surface area (Å²) in [6, 6.07) is 1.61. The molecule has 7 heteroatoms.